The van der Waals surface area contributed by atoms with Crippen LogP contribution in [-0.4, -0.2) is 21.2 Å². The Balaban J connectivity index is 1.58. The minimum absolute atomic E-state index is 0.0247. The molecule has 0 amide bonds. The van der Waals surface area contributed by atoms with Crippen molar-refractivity contribution in [1.29, 1.82) is 5.26 Å². The molecule has 124 valence electrons. The Morgan fingerprint density at radius 3 is 2.76 bits per heavy atom. The van der Waals surface area contributed by atoms with E-state index >= 15 is 0 Å². The van der Waals surface area contributed by atoms with Crippen molar-refractivity contribution in [1.82, 2.24) is 14.7 Å². The topological polar surface area (TPSA) is 64.8 Å². The Morgan fingerprint density at radius 1 is 1.12 bits per heavy atom. The molecule has 0 bridgehead atoms. The fourth-order valence-electron chi connectivity index (χ4n) is 3.35. The van der Waals surface area contributed by atoms with Gasteiger partial charge in [-0.1, -0.05) is 30.3 Å². The molecule has 0 atom stereocenters. The van der Waals surface area contributed by atoms with Gasteiger partial charge in [-0.3, -0.25) is 14.8 Å². The quantitative estimate of drug-likeness (QED) is 0.803. The molecule has 0 aliphatic carbocycles. The molecule has 1 aliphatic heterocycles. The predicted octanol–water partition coefficient (Wildman–Crippen LogP) is 2.60. The number of benzene rings is 2. The largest absolute Gasteiger partial charge is 0.295 e. The highest BCUT2D eigenvalue weighted by Crippen LogP contribution is 2.18. The van der Waals surface area contributed by atoms with Crippen molar-refractivity contribution >= 4 is 0 Å². The Hall–Kier alpha value is -3.10. The first-order valence-corrected chi connectivity index (χ1v) is 8.34. The summed E-state index contributed by atoms with van der Waals surface area (Å²) in [5, 5.41) is 12.3. The third kappa shape index (κ3) is 3.00. The van der Waals surface area contributed by atoms with Crippen LogP contribution in [0.25, 0.3) is 5.69 Å². The molecule has 0 fully saturated rings. The second kappa shape index (κ2) is 6.42. The van der Waals surface area contributed by atoms with Gasteiger partial charge in [0, 0.05) is 31.7 Å². The number of hydrogen-bond donors (Lipinski definition) is 1. The first-order valence-electron chi connectivity index (χ1n) is 8.34. The van der Waals surface area contributed by atoms with Gasteiger partial charge in [0.25, 0.3) is 5.56 Å². The minimum atomic E-state index is 0.0247. The molecule has 1 aromatic heterocycles. The van der Waals surface area contributed by atoms with Crippen molar-refractivity contribution in [3.63, 3.8) is 0 Å². The molecule has 1 aliphatic rings. The van der Waals surface area contributed by atoms with Crippen molar-refractivity contribution < 1.29 is 0 Å². The molecule has 2 heterocycles. The van der Waals surface area contributed by atoms with Gasteiger partial charge in [0.1, 0.15) is 0 Å². The first kappa shape index (κ1) is 15.4. The van der Waals surface area contributed by atoms with Gasteiger partial charge in [-0.05, 0) is 29.8 Å². The van der Waals surface area contributed by atoms with Crippen LogP contribution in [0.15, 0.2) is 59.4 Å². The molecule has 5 heteroatoms. The van der Waals surface area contributed by atoms with Gasteiger partial charge in [0.15, 0.2) is 0 Å². The van der Waals surface area contributed by atoms with Crippen molar-refractivity contribution in [2.45, 2.75) is 19.5 Å². The number of hydrogen-bond acceptors (Lipinski definition) is 3. The van der Waals surface area contributed by atoms with Crippen LogP contribution in [0.2, 0.25) is 0 Å². The summed E-state index contributed by atoms with van der Waals surface area (Å²) < 4.78 is 1.63. The molecule has 0 spiro atoms. The van der Waals surface area contributed by atoms with Crippen LogP contribution >= 0.6 is 0 Å². The fourth-order valence-corrected chi connectivity index (χ4v) is 3.35. The number of rotatable bonds is 3. The van der Waals surface area contributed by atoms with Crippen LogP contribution in [0, 0.1) is 11.3 Å². The second-order valence-corrected chi connectivity index (χ2v) is 6.32. The standard InChI is InChI=1S/C20H18N4O/c21-12-15-5-4-6-16(11-15)13-23-10-9-19-18(14-23)20(25)24(22-19)17-7-2-1-3-8-17/h1-8,11,22H,9-10,13-14H2. The van der Waals surface area contributed by atoms with Gasteiger partial charge in [-0.25, -0.2) is 4.68 Å². The number of nitriles is 1. The molecular weight excluding hydrogens is 312 g/mol. The van der Waals surface area contributed by atoms with E-state index < -0.39 is 0 Å². The molecular formula is C20H18N4O. The summed E-state index contributed by atoms with van der Waals surface area (Å²) in [5.74, 6) is 0. The number of para-hydroxylation sites is 1. The lowest BCUT2D eigenvalue weighted by Crippen LogP contribution is -2.32. The molecule has 5 nitrogen and oxygen atoms in total. The van der Waals surface area contributed by atoms with Gasteiger partial charge < -0.3 is 0 Å². The molecule has 25 heavy (non-hydrogen) atoms. The van der Waals surface area contributed by atoms with Gasteiger partial charge in [0.2, 0.25) is 0 Å². The molecule has 0 radical (unpaired) electrons. The zero-order valence-electron chi connectivity index (χ0n) is 13.8. The van der Waals surface area contributed by atoms with Gasteiger partial charge in [-0.15, -0.1) is 0 Å². The Kier molecular flexibility index (Phi) is 3.96. The molecule has 3 aromatic rings. The van der Waals surface area contributed by atoms with Crippen molar-refractivity contribution in [3.05, 3.63) is 87.3 Å². The van der Waals surface area contributed by atoms with Crippen molar-refractivity contribution in [2.24, 2.45) is 0 Å². The van der Waals surface area contributed by atoms with Gasteiger partial charge in [0.05, 0.1) is 22.9 Å². The summed E-state index contributed by atoms with van der Waals surface area (Å²) in [5.41, 5.74) is 4.51. The third-order valence-electron chi connectivity index (χ3n) is 4.61. The number of H-pyrrole nitrogens is 1. The van der Waals surface area contributed by atoms with Crippen LogP contribution in [-0.2, 0) is 19.5 Å². The lowest BCUT2D eigenvalue weighted by atomic mass is 10.1. The van der Waals surface area contributed by atoms with Crippen LogP contribution in [0.5, 0.6) is 0 Å². The van der Waals surface area contributed by atoms with E-state index in [4.69, 9.17) is 5.26 Å². The maximum atomic E-state index is 12.8. The minimum Gasteiger partial charge on any atom is -0.295 e. The lowest BCUT2D eigenvalue weighted by molar-refractivity contribution is 0.244. The van der Waals surface area contributed by atoms with Gasteiger partial charge >= 0.3 is 0 Å². The van der Waals surface area contributed by atoms with Crippen molar-refractivity contribution in [2.75, 3.05) is 6.54 Å². The van der Waals surface area contributed by atoms with E-state index in [1.807, 2.05) is 54.6 Å². The highest BCUT2D eigenvalue weighted by molar-refractivity contribution is 5.34. The van der Waals surface area contributed by atoms with E-state index in [1.165, 1.54) is 0 Å². The van der Waals surface area contributed by atoms with E-state index in [-0.39, 0.29) is 5.56 Å². The Morgan fingerprint density at radius 2 is 1.96 bits per heavy atom. The summed E-state index contributed by atoms with van der Waals surface area (Å²) >= 11 is 0. The van der Waals surface area contributed by atoms with Crippen LogP contribution in [0.3, 0.4) is 0 Å². The highest BCUT2D eigenvalue weighted by atomic mass is 16.1. The highest BCUT2D eigenvalue weighted by Gasteiger charge is 2.23. The number of fused-ring (bicyclic) bond motifs is 1. The molecule has 0 saturated heterocycles. The van der Waals surface area contributed by atoms with E-state index in [1.54, 1.807) is 4.68 Å². The maximum Gasteiger partial charge on any atom is 0.275 e. The van der Waals surface area contributed by atoms with Crippen molar-refractivity contribution in [3.8, 4) is 11.8 Å². The molecule has 1 N–H and O–H groups in total. The average Bonchev–Trinajstić information content (AvgIpc) is 2.99. The van der Waals surface area contributed by atoms with Crippen LogP contribution in [0.1, 0.15) is 22.4 Å². The molecule has 0 unspecified atom stereocenters. The number of nitrogens with zero attached hydrogens (tertiary/aromatic N) is 3. The van der Waals surface area contributed by atoms with Crippen LogP contribution < -0.4 is 5.56 Å². The molecule has 2 aromatic carbocycles. The van der Waals surface area contributed by atoms with E-state index in [0.717, 1.165) is 42.0 Å². The van der Waals surface area contributed by atoms with E-state index in [0.29, 0.717) is 12.1 Å². The molecule has 4 rings (SSSR count). The van der Waals surface area contributed by atoms with E-state index in [9.17, 15) is 4.79 Å². The summed E-state index contributed by atoms with van der Waals surface area (Å²) in [6, 6.07) is 19.5. The number of aromatic amines is 1. The third-order valence-corrected chi connectivity index (χ3v) is 4.61. The number of aromatic nitrogens is 2. The summed E-state index contributed by atoms with van der Waals surface area (Å²) in [7, 11) is 0. The maximum absolute atomic E-state index is 12.8. The number of nitrogens with one attached hydrogen (secondary N) is 1. The smallest absolute Gasteiger partial charge is 0.275 e. The molecule has 0 saturated carbocycles. The monoisotopic (exact) mass is 330 g/mol. The zero-order chi connectivity index (χ0) is 17.2. The second-order valence-electron chi connectivity index (χ2n) is 6.32. The fraction of sp³-hybridized carbons (Fsp3) is 0.200. The summed E-state index contributed by atoms with van der Waals surface area (Å²) in [6.45, 7) is 2.25. The zero-order valence-corrected chi connectivity index (χ0v) is 13.8. The van der Waals surface area contributed by atoms with Crippen LogP contribution in [0.4, 0.5) is 0 Å². The first-order chi connectivity index (χ1) is 12.2. The van der Waals surface area contributed by atoms with Gasteiger partial charge in [-0.2, -0.15) is 5.26 Å². The lowest BCUT2D eigenvalue weighted by Gasteiger charge is -2.25. The normalized spacial score (nSPS) is 14.0. The Labute approximate surface area is 145 Å². The summed E-state index contributed by atoms with van der Waals surface area (Å²) in [6.07, 6.45) is 0.822. The predicted molar refractivity (Wildman–Crippen MR) is 95.4 cm³/mol. The van der Waals surface area contributed by atoms with E-state index in [2.05, 4.69) is 16.1 Å². The Bertz CT molecular complexity index is 995. The average molecular weight is 330 g/mol. The summed E-state index contributed by atoms with van der Waals surface area (Å²) in [4.78, 5) is 15.0. The SMILES string of the molecule is N#Cc1cccc(CN2CCc3[nH]n(-c4ccccc4)c(=O)c3C2)c1.